The monoisotopic (exact) mass is 218 g/mol. The number of hydrogen-bond acceptors (Lipinski definition) is 2. The Morgan fingerprint density at radius 2 is 1.60 bits per heavy atom. The number of nitrogen functional groups attached to an aromatic ring is 2. The number of hydrogen-bond donors (Lipinski definition) is 2. The molecule has 2 aromatic rings. The standard InChI is InChI=1S/C12H11ClN2/c13-11-5-4-9(7-12(11)15)8-2-1-3-10(14)6-8/h1-7H,14-15H2. The first kappa shape index (κ1) is 9.87. The zero-order valence-corrected chi connectivity index (χ0v) is 8.83. The van der Waals surface area contributed by atoms with Gasteiger partial charge in [0, 0.05) is 5.69 Å². The third kappa shape index (κ3) is 2.05. The molecular weight excluding hydrogens is 208 g/mol. The molecule has 0 amide bonds. The van der Waals surface area contributed by atoms with Gasteiger partial charge in [0.25, 0.3) is 0 Å². The molecule has 0 aromatic heterocycles. The third-order valence-corrected chi connectivity index (χ3v) is 2.56. The highest BCUT2D eigenvalue weighted by molar-refractivity contribution is 6.33. The summed E-state index contributed by atoms with van der Waals surface area (Å²) in [6, 6.07) is 13.2. The van der Waals surface area contributed by atoms with E-state index in [-0.39, 0.29) is 0 Å². The summed E-state index contributed by atoms with van der Waals surface area (Å²) >= 11 is 5.85. The fraction of sp³-hybridized carbons (Fsp3) is 0. The quantitative estimate of drug-likeness (QED) is 0.723. The van der Waals surface area contributed by atoms with Gasteiger partial charge < -0.3 is 11.5 Å². The Morgan fingerprint density at radius 1 is 0.867 bits per heavy atom. The van der Waals surface area contributed by atoms with Gasteiger partial charge in [0.15, 0.2) is 0 Å². The van der Waals surface area contributed by atoms with Crippen LogP contribution in [-0.4, -0.2) is 0 Å². The lowest BCUT2D eigenvalue weighted by atomic mass is 10.0. The fourth-order valence-electron chi connectivity index (χ4n) is 1.44. The van der Waals surface area contributed by atoms with E-state index < -0.39 is 0 Å². The van der Waals surface area contributed by atoms with Crippen LogP contribution in [0.3, 0.4) is 0 Å². The van der Waals surface area contributed by atoms with E-state index in [4.69, 9.17) is 23.1 Å². The van der Waals surface area contributed by atoms with Gasteiger partial charge in [-0.05, 0) is 35.4 Å². The van der Waals surface area contributed by atoms with Crippen LogP contribution in [-0.2, 0) is 0 Å². The van der Waals surface area contributed by atoms with E-state index in [0.29, 0.717) is 10.7 Å². The van der Waals surface area contributed by atoms with Crippen molar-refractivity contribution in [3.63, 3.8) is 0 Å². The summed E-state index contributed by atoms with van der Waals surface area (Å²) in [6.45, 7) is 0. The number of benzene rings is 2. The molecule has 0 saturated heterocycles. The molecule has 0 atom stereocenters. The van der Waals surface area contributed by atoms with Gasteiger partial charge in [-0.2, -0.15) is 0 Å². The summed E-state index contributed by atoms with van der Waals surface area (Å²) in [6.07, 6.45) is 0. The van der Waals surface area contributed by atoms with Crippen molar-refractivity contribution in [2.45, 2.75) is 0 Å². The molecule has 0 aliphatic rings. The zero-order valence-electron chi connectivity index (χ0n) is 8.07. The highest BCUT2D eigenvalue weighted by Gasteiger charge is 2.01. The zero-order chi connectivity index (χ0) is 10.8. The molecule has 0 bridgehead atoms. The van der Waals surface area contributed by atoms with Crippen molar-refractivity contribution in [2.75, 3.05) is 11.5 Å². The third-order valence-electron chi connectivity index (χ3n) is 2.22. The minimum atomic E-state index is 0.572. The first-order valence-corrected chi connectivity index (χ1v) is 4.95. The van der Waals surface area contributed by atoms with Gasteiger partial charge in [-0.3, -0.25) is 0 Å². The van der Waals surface area contributed by atoms with Crippen LogP contribution in [0.25, 0.3) is 11.1 Å². The Morgan fingerprint density at radius 3 is 2.27 bits per heavy atom. The largest absolute Gasteiger partial charge is 0.399 e. The molecule has 0 spiro atoms. The second-order valence-corrected chi connectivity index (χ2v) is 3.77. The molecule has 76 valence electrons. The van der Waals surface area contributed by atoms with Gasteiger partial charge in [-0.15, -0.1) is 0 Å². The predicted molar refractivity (Wildman–Crippen MR) is 65.7 cm³/mol. The Bertz CT molecular complexity index is 495. The smallest absolute Gasteiger partial charge is 0.0635 e. The van der Waals surface area contributed by atoms with Crippen LogP contribution in [0.2, 0.25) is 5.02 Å². The van der Waals surface area contributed by atoms with Gasteiger partial charge in [-0.25, -0.2) is 0 Å². The SMILES string of the molecule is Nc1cccc(-c2ccc(Cl)c(N)c2)c1. The molecule has 0 radical (unpaired) electrons. The lowest BCUT2D eigenvalue weighted by molar-refractivity contribution is 1.61. The van der Waals surface area contributed by atoms with Crippen LogP contribution in [0.4, 0.5) is 11.4 Å². The predicted octanol–water partition coefficient (Wildman–Crippen LogP) is 3.17. The van der Waals surface area contributed by atoms with Crippen molar-refractivity contribution in [2.24, 2.45) is 0 Å². The molecule has 0 aliphatic heterocycles. The molecule has 2 rings (SSSR count). The van der Waals surface area contributed by atoms with Crippen LogP contribution in [0, 0.1) is 0 Å². The summed E-state index contributed by atoms with van der Waals surface area (Å²) in [5.41, 5.74) is 14.8. The Hall–Kier alpha value is -1.67. The summed E-state index contributed by atoms with van der Waals surface area (Å²) in [5.74, 6) is 0. The van der Waals surface area contributed by atoms with Crippen LogP contribution in [0.5, 0.6) is 0 Å². The van der Waals surface area contributed by atoms with Gasteiger partial charge in [0.1, 0.15) is 0 Å². The average Bonchev–Trinajstić information content (AvgIpc) is 2.22. The van der Waals surface area contributed by atoms with E-state index in [2.05, 4.69) is 0 Å². The number of anilines is 2. The van der Waals surface area contributed by atoms with Crippen LogP contribution < -0.4 is 11.5 Å². The van der Waals surface area contributed by atoms with E-state index in [9.17, 15) is 0 Å². The summed E-state index contributed by atoms with van der Waals surface area (Å²) < 4.78 is 0. The highest BCUT2D eigenvalue weighted by Crippen LogP contribution is 2.27. The van der Waals surface area contributed by atoms with Gasteiger partial charge in [-0.1, -0.05) is 29.8 Å². The highest BCUT2D eigenvalue weighted by atomic mass is 35.5. The van der Waals surface area contributed by atoms with Gasteiger partial charge in [0.2, 0.25) is 0 Å². The maximum Gasteiger partial charge on any atom is 0.0635 e. The molecule has 0 saturated carbocycles. The molecule has 3 heteroatoms. The lowest BCUT2D eigenvalue weighted by Gasteiger charge is -2.05. The van der Waals surface area contributed by atoms with Crippen LogP contribution in [0.1, 0.15) is 0 Å². The number of rotatable bonds is 1. The van der Waals surface area contributed by atoms with E-state index in [1.165, 1.54) is 0 Å². The van der Waals surface area contributed by atoms with Crippen molar-refractivity contribution in [3.05, 3.63) is 47.5 Å². The molecule has 0 heterocycles. The molecule has 0 aliphatic carbocycles. The Balaban J connectivity index is 2.50. The van der Waals surface area contributed by atoms with Crippen LogP contribution in [0.15, 0.2) is 42.5 Å². The molecule has 0 unspecified atom stereocenters. The second-order valence-electron chi connectivity index (χ2n) is 3.36. The van der Waals surface area contributed by atoms with Crippen molar-refractivity contribution < 1.29 is 0 Å². The fourth-order valence-corrected chi connectivity index (χ4v) is 1.56. The molecule has 0 fully saturated rings. The second kappa shape index (κ2) is 3.83. The lowest BCUT2D eigenvalue weighted by Crippen LogP contribution is -1.88. The van der Waals surface area contributed by atoms with E-state index >= 15 is 0 Å². The maximum atomic E-state index is 5.85. The topological polar surface area (TPSA) is 52.0 Å². The molecule has 4 N–H and O–H groups in total. The minimum Gasteiger partial charge on any atom is -0.399 e. The Kier molecular flexibility index (Phi) is 2.52. The number of halogens is 1. The first-order valence-electron chi connectivity index (χ1n) is 4.58. The number of nitrogens with two attached hydrogens (primary N) is 2. The van der Waals surface area contributed by atoms with Crippen molar-refractivity contribution in [3.8, 4) is 11.1 Å². The summed E-state index contributed by atoms with van der Waals surface area (Å²) in [5, 5.41) is 0.572. The first-order chi connectivity index (χ1) is 7.16. The van der Waals surface area contributed by atoms with Crippen molar-refractivity contribution in [1.82, 2.24) is 0 Å². The van der Waals surface area contributed by atoms with E-state index in [1.807, 2.05) is 36.4 Å². The molecule has 2 nitrogen and oxygen atoms in total. The van der Waals surface area contributed by atoms with Crippen molar-refractivity contribution in [1.29, 1.82) is 0 Å². The van der Waals surface area contributed by atoms with Gasteiger partial charge in [0.05, 0.1) is 10.7 Å². The van der Waals surface area contributed by atoms with E-state index in [0.717, 1.165) is 16.8 Å². The normalized spacial score (nSPS) is 10.2. The van der Waals surface area contributed by atoms with Crippen molar-refractivity contribution >= 4 is 23.0 Å². The Labute approximate surface area is 93.5 Å². The molecule has 15 heavy (non-hydrogen) atoms. The average molecular weight is 219 g/mol. The maximum absolute atomic E-state index is 5.85. The van der Waals surface area contributed by atoms with Gasteiger partial charge >= 0.3 is 0 Å². The minimum absolute atomic E-state index is 0.572. The van der Waals surface area contributed by atoms with E-state index in [1.54, 1.807) is 6.07 Å². The summed E-state index contributed by atoms with van der Waals surface area (Å²) in [7, 11) is 0. The molecule has 2 aromatic carbocycles. The van der Waals surface area contributed by atoms with Crippen LogP contribution >= 0.6 is 11.6 Å². The molecular formula is C12H11ClN2. The summed E-state index contributed by atoms with van der Waals surface area (Å²) in [4.78, 5) is 0.